The first kappa shape index (κ1) is 15.6. The molecule has 3 rings (SSSR count). The van der Waals surface area contributed by atoms with Gasteiger partial charge < -0.3 is 5.32 Å². The fourth-order valence-electron chi connectivity index (χ4n) is 2.81. The third-order valence-electron chi connectivity index (χ3n) is 4.06. The molecule has 1 heterocycles. The molecule has 1 aromatic carbocycles. The summed E-state index contributed by atoms with van der Waals surface area (Å²) in [4.78, 5) is 27.0. The van der Waals surface area contributed by atoms with E-state index in [2.05, 4.69) is 10.3 Å². The first-order chi connectivity index (χ1) is 11.1. The first-order valence-corrected chi connectivity index (χ1v) is 8.52. The minimum absolute atomic E-state index is 0.0308. The lowest BCUT2D eigenvalue weighted by molar-refractivity contribution is -0.384. The lowest BCUT2D eigenvalue weighted by Crippen LogP contribution is -2.24. The molecule has 0 atom stereocenters. The van der Waals surface area contributed by atoms with Gasteiger partial charge in [-0.15, -0.1) is 11.3 Å². The number of rotatable bonds is 4. The summed E-state index contributed by atoms with van der Waals surface area (Å²) in [6.07, 6.45) is 5.30. The van der Waals surface area contributed by atoms with E-state index in [-0.39, 0.29) is 17.5 Å². The normalized spacial score (nSPS) is 15.3. The Morgan fingerprint density at radius 3 is 2.83 bits per heavy atom. The van der Waals surface area contributed by atoms with E-state index in [4.69, 9.17) is 0 Å². The number of hydrogen-bond acceptors (Lipinski definition) is 5. The summed E-state index contributed by atoms with van der Waals surface area (Å²) in [6.45, 7) is 0. The van der Waals surface area contributed by atoms with E-state index in [1.165, 1.54) is 29.9 Å². The Morgan fingerprint density at radius 2 is 2.09 bits per heavy atom. The van der Waals surface area contributed by atoms with Gasteiger partial charge in [0.05, 0.1) is 10.6 Å². The number of carbonyl (C=O) groups is 1. The zero-order valence-electron chi connectivity index (χ0n) is 12.5. The molecule has 1 aliphatic rings. The molecule has 0 aliphatic heterocycles. The zero-order valence-corrected chi connectivity index (χ0v) is 13.3. The zero-order chi connectivity index (χ0) is 16.2. The summed E-state index contributed by atoms with van der Waals surface area (Å²) in [6, 6.07) is 6.34. The van der Waals surface area contributed by atoms with Gasteiger partial charge in [0.15, 0.2) is 5.13 Å². The van der Waals surface area contributed by atoms with Crippen LogP contribution in [0.3, 0.4) is 0 Å². The fourth-order valence-corrected chi connectivity index (χ4v) is 3.54. The third-order valence-corrected chi connectivity index (χ3v) is 4.82. The maximum atomic E-state index is 12.2. The molecule has 0 unspecified atom stereocenters. The van der Waals surface area contributed by atoms with Crippen LogP contribution in [-0.2, 0) is 4.79 Å². The molecule has 1 N–H and O–H groups in total. The Balaban J connectivity index is 1.71. The molecule has 6 nitrogen and oxygen atoms in total. The third kappa shape index (κ3) is 3.73. The Bertz CT molecular complexity index is 723. The molecule has 0 bridgehead atoms. The molecule has 0 spiro atoms. The highest BCUT2D eigenvalue weighted by Gasteiger charge is 2.22. The Hall–Kier alpha value is -2.28. The predicted molar refractivity (Wildman–Crippen MR) is 89.4 cm³/mol. The lowest BCUT2D eigenvalue weighted by atomic mass is 9.89. The van der Waals surface area contributed by atoms with Crippen molar-refractivity contribution < 1.29 is 9.72 Å². The lowest BCUT2D eigenvalue weighted by Gasteiger charge is -2.19. The number of nitro benzene ring substituents is 1. The fraction of sp³-hybridized carbons (Fsp3) is 0.375. The molecule has 2 aromatic rings. The number of anilines is 1. The summed E-state index contributed by atoms with van der Waals surface area (Å²) in [5.41, 5.74) is 1.34. The van der Waals surface area contributed by atoms with Crippen LogP contribution >= 0.6 is 11.3 Å². The van der Waals surface area contributed by atoms with Crippen molar-refractivity contribution in [1.29, 1.82) is 0 Å². The van der Waals surface area contributed by atoms with E-state index in [9.17, 15) is 14.9 Å². The van der Waals surface area contributed by atoms with E-state index in [0.29, 0.717) is 16.4 Å². The molecule has 1 aliphatic carbocycles. The van der Waals surface area contributed by atoms with Crippen LogP contribution in [0.1, 0.15) is 32.1 Å². The second-order valence-electron chi connectivity index (χ2n) is 5.67. The van der Waals surface area contributed by atoms with Crippen LogP contribution in [0.25, 0.3) is 11.3 Å². The van der Waals surface area contributed by atoms with Gasteiger partial charge in [-0.2, -0.15) is 0 Å². The van der Waals surface area contributed by atoms with Gasteiger partial charge >= 0.3 is 0 Å². The van der Waals surface area contributed by atoms with E-state index in [1.807, 2.05) is 0 Å². The van der Waals surface area contributed by atoms with E-state index in [1.54, 1.807) is 17.5 Å². The van der Waals surface area contributed by atoms with Gasteiger partial charge in [-0.25, -0.2) is 4.98 Å². The monoisotopic (exact) mass is 331 g/mol. The molecular weight excluding hydrogens is 314 g/mol. The Morgan fingerprint density at radius 1 is 1.30 bits per heavy atom. The molecule has 120 valence electrons. The Kier molecular flexibility index (Phi) is 4.66. The number of thiazole rings is 1. The standard InChI is InChI=1S/C16H17N3O3S/c20-15(11-5-2-1-3-6-11)18-16-17-14(10-23-16)12-7-4-8-13(9-12)19(21)22/h4,7-11H,1-3,5-6H2,(H,17,18,20). The quantitative estimate of drug-likeness (QED) is 0.671. The van der Waals surface area contributed by atoms with Crippen LogP contribution < -0.4 is 5.32 Å². The highest BCUT2D eigenvalue weighted by Crippen LogP contribution is 2.29. The second-order valence-corrected chi connectivity index (χ2v) is 6.53. The van der Waals surface area contributed by atoms with Crippen molar-refractivity contribution in [2.75, 3.05) is 5.32 Å². The smallest absolute Gasteiger partial charge is 0.270 e. The number of hydrogen-bond donors (Lipinski definition) is 1. The maximum absolute atomic E-state index is 12.2. The van der Waals surface area contributed by atoms with Crippen molar-refractivity contribution in [2.45, 2.75) is 32.1 Å². The highest BCUT2D eigenvalue weighted by molar-refractivity contribution is 7.14. The number of nitrogens with zero attached hydrogens (tertiary/aromatic N) is 2. The minimum atomic E-state index is -0.429. The number of benzene rings is 1. The van der Waals surface area contributed by atoms with E-state index >= 15 is 0 Å². The van der Waals surface area contributed by atoms with Crippen molar-refractivity contribution in [3.8, 4) is 11.3 Å². The number of nitrogens with one attached hydrogen (secondary N) is 1. The molecule has 23 heavy (non-hydrogen) atoms. The van der Waals surface area contributed by atoms with Crippen molar-refractivity contribution in [2.24, 2.45) is 5.92 Å². The van der Waals surface area contributed by atoms with Gasteiger partial charge in [-0.3, -0.25) is 14.9 Å². The first-order valence-electron chi connectivity index (χ1n) is 7.65. The van der Waals surface area contributed by atoms with Crippen LogP contribution in [0.2, 0.25) is 0 Å². The summed E-state index contributed by atoms with van der Waals surface area (Å²) in [7, 11) is 0. The van der Waals surface area contributed by atoms with E-state index < -0.39 is 4.92 Å². The number of aromatic nitrogens is 1. The Labute approximate surface area is 137 Å². The molecule has 7 heteroatoms. The van der Waals surface area contributed by atoms with Gasteiger partial charge in [-0.05, 0) is 12.8 Å². The predicted octanol–water partition coefficient (Wildman–Crippen LogP) is 4.24. The van der Waals surface area contributed by atoms with Crippen LogP contribution in [0.4, 0.5) is 10.8 Å². The summed E-state index contributed by atoms with van der Waals surface area (Å²) in [5, 5.41) is 16.1. The number of nitro groups is 1. The SMILES string of the molecule is O=C(Nc1nc(-c2cccc([N+](=O)[O-])c2)cs1)C1CCCCC1. The summed E-state index contributed by atoms with van der Waals surface area (Å²) < 4.78 is 0. The van der Waals surface area contributed by atoms with Gasteiger partial charge in [0.25, 0.3) is 5.69 Å². The summed E-state index contributed by atoms with van der Waals surface area (Å²) >= 11 is 1.34. The molecule has 0 saturated heterocycles. The van der Waals surface area contributed by atoms with Crippen molar-refractivity contribution >= 4 is 28.1 Å². The molecule has 1 aromatic heterocycles. The van der Waals surface area contributed by atoms with Crippen LogP contribution in [0.5, 0.6) is 0 Å². The van der Waals surface area contributed by atoms with Crippen LogP contribution in [0.15, 0.2) is 29.6 Å². The minimum Gasteiger partial charge on any atom is -0.302 e. The number of non-ortho nitro benzene ring substituents is 1. The average Bonchev–Trinajstić information content (AvgIpc) is 3.04. The van der Waals surface area contributed by atoms with Gasteiger partial charge in [0.2, 0.25) is 5.91 Å². The topological polar surface area (TPSA) is 85.1 Å². The van der Waals surface area contributed by atoms with Crippen molar-refractivity contribution in [3.05, 3.63) is 39.8 Å². The van der Waals surface area contributed by atoms with E-state index in [0.717, 1.165) is 25.7 Å². The molecule has 0 radical (unpaired) electrons. The van der Waals surface area contributed by atoms with Crippen molar-refractivity contribution in [1.82, 2.24) is 4.98 Å². The second kappa shape index (κ2) is 6.87. The molecule has 1 amide bonds. The van der Waals surface area contributed by atoms with Gasteiger partial charge in [0, 0.05) is 29.0 Å². The molecule has 1 fully saturated rings. The summed E-state index contributed by atoms with van der Waals surface area (Å²) in [5.74, 6) is 0.110. The highest BCUT2D eigenvalue weighted by atomic mass is 32.1. The number of amides is 1. The maximum Gasteiger partial charge on any atom is 0.270 e. The van der Waals surface area contributed by atoms with Crippen LogP contribution in [-0.4, -0.2) is 15.8 Å². The number of carbonyl (C=O) groups excluding carboxylic acids is 1. The van der Waals surface area contributed by atoms with Crippen molar-refractivity contribution in [3.63, 3.8) is 0 Å². The molecular formula is C16H17N3O3S. The van der Waals surface area contributed by atoms with Gasteiger partial charge in [-0.1, -0.05) is 31.4 Å². The average molecular weight is 331 g/mol. The largest absolute Gasteiger partial charge is 0.302 e. The molecule has 1 saturated carbocycles. The van der Waals surface area contributed by atoms with Gasteiger partial charge in [0.1, 0.15) is 0 Å². The van der Waals surface area contributed by atoms with Crippen LogP contribution in [0, 0.1) is 16.0 Å².